The van der Waals surface area contributed by atoms with Gasteiger partial charge < -0.3 is 20.1 Å². The van der Waals surface area contributed by atoms with E-state index in [0.29, 0.717) is 18.2 Å². The molecular weight excluding hydrogens is 336 g/mol. The van der Waals surface area contributed by atoms with E-state index in [0.717, 1.165) is 6.42 Å². The molecule has 1 rings (SSSR count). The number of benzene rings is 1. The molecule has 1 aromatic rings. The number of hydrogen-bond acceptors (Lipinski definition) is 5. The predicted octanol–water partition coefficient (Wildman–Crippen LogP) is 1.76. The molecule has 0 aliphatic carbocycles. The van der Waals surface area contributed by atoms with Gasteiger partial charge in [0.2, 0.25) is 5.91 Å². The summed E-state index contributed by atoms with van der Waals surface area (Å²) in [6.45, 7) is 7.47. The van der Waals surface area contributed by atoms with Crippen LogP contribution in [-0.4, -0.2) is 43.6 Å². The predicted molar refractivity (Wildman–Crippen MR) is 97.9 cm³/mol. The van der Waals surface area contributed by atoms with Crippen molar-refractivity contribution >= 4 is 17.8 Å². The molecule has 7 nitrogen and oxygen atoms in total. The molecule has 0 saturated carbocycles. The number of esters is 1. The molecule has 0 unspecified atom stereocenters. The molecule has 0 spiro atoms. The van der Waals surface area contributed by atoms with Crippen molar-refractivity contribution in [1.82, 2.24) is 10.6 Å². The van der Waals surface area contributed by atoms with Crippen molar-refractivity contribution in [3.8, 4) is 5.75 Å². The lowest BCUT2D eigenvalue weighted by Crippen LogP contribution is -2.46. The summed E-state index contributed by atoms with van der Waals surface area (Å²) in [6.07, 6.45) is 0.810. The summed E-state index contributed by atoms with van der Waals surface area (Å²) in [4.78, 5) is 35.0. The Bertz CT molecular complexity index is 598. The number of rotatable bonds is 10. The van der Waals surface area contributed by atoms with Gasteiger partial charge in [0.25, 0.3) is 5.91 Å². The molecule has 0 aliphatic heterocycles. The van der Waals surface area contributed by atoms with Gasteiger partial charge in [-0.1, -0.05) is 32.9 Å². The average molecular weight is 364 g/mol. The van der Waals surface area contributed by atoms with Crippen LogP contribution in [0.1, 0.15) is 45.6 Å². The van der Waals surface area contributed by atoms with Crippen LogP contribution in [0.4, 0.5) is 0 Å². The molecule has 0 aliphatic rings. The number of amides is 2. The Hall–Kier alpha value is -2.57. The van der Waals surface area contributed by atoms with Crippen LogP contribution in [0, 0.1) is 0 Å². The normalized spacial score (nSPS) is 11.6. The maximum absolute atomic E-state index is 11.7. The van der Waals surface area contributed by atoms with Crippen LogP contribution < -0.4 is 15.4 Å². The summed E-state index contributed by atoms with van der Waals surface area (Å²) in [6, 6.07) is 6.74. The third kappa shape index (κ3) is 8.00. The fourth-order valence-corrected chi connectivity index (χ4v) is 2.03. The maximum atomic E-state index is 11.7. The Balaban J connectivity index is 2.28. The second kappa shape index (κ2) is 11.1. The van der Waals surface area contributed by atoms with Crippen molar-refractivity contribution < 1.29 is 23.9 Å². The lowest BCUT2D eigenvalue weighted by atomic mass is 10.0. The van der Waals surface area contributed by atoms with Crippen molar-refractivity contribution in [2.24, 2.45) is 0 Å². The van der Waals surface area contributed by atoms with Crippen molar-refractivity contribution in [2.75, 3.05) is 19.8 Å². The summed E-state index contributed by atoms with van der Waals surface area (Å²) in [5, 5.41) is 5.14. The van der Waals surface area contributed by atoms with Gasteiger partial charge in [0, 0.05) is 6.54 Å². The Labute approximate surface area is 154 Å². The molecule has 1 aromatic carbocycles. The Morgan fingerprint density at radius 3 is 2.27 bits per heavy atom. The highest BCUT2D eigenvalue weighted by Crippen LogP contribution is 2.18. The molecule has 0 bridgehead atoms. The van der Waals surface area contributed by atoms with Crippen LogP contribution in [0.3, 0.4) is 0 Å². The summed E-state index contributed by atoms with van der Waals surface area (Å²) in [5.74, 6) is -0.509. The second-order valence-corrected chi connectivity index (χ2v) is 6.25. The minimum Gasteiger partial charge on any atom is -0.482 e. The quantitative estimate of drug-likeness (QED) is 0.617. The Morgan fingerprint density at radius 2 is 1.69 bits per heavy atom. The number of carbonyl (C=O) groups is 3. The molecule has 26 heavy (non-hydrogen) atoms. The third-order valence-corrected chi connectivity index (χ3v) is 3.59. The van der Waals surface area contributed by atoms with E-state index >= 15 is 0 Å². The summed E-state index contributed by atoms with van der Waals surface area (Å²) in [5.41, 5.74) is 1.17. The Morgan fingerprint density at radius 1 is 1.04 bits per heavy atom. The van der Waals surface area contributed by atoms with E-state index in [1.807, 2.05) is 19.1 Å². The molecular formula is C19H28N2O5. The minimum absolute atomic E-state index is 0.278. The van der Waals surface area contributed by atoms with Gasteiger partial charge in [-0.15, -0.1) is 0 Å². The molecule has 144 valence electrons. The molecule has 1 atom stereocenters. The van der Waals surface area contributed by atoms with Gasteiger partial charge in [0.15, 0.2) is 13.2 Å². The molecule has 0 heterocycles. The largest absolute Gasteiger partial charge is 0.482 e. The molecule has 2 amide bonds. The van der Waals surface area contributed by atoms with E-state index in [2.05, 4.69) is 24.5 Å². The maximum Gasteiger partial charge on any atom is 0.344 e. The fourth-order valence-electron chi connectivity index (χ4n) is 2.03. The summed E-state index contributed by atoms with van der Waals surface area (Å²) < 4.78 is 10.2. The standard InChI is InChI=1S/C19H28N2O5/c1-5-10-20-19(24)14(4)21-17(22)11-26-18(23)12-25-16-8-6-15(7-9-16)13(2)3/h6-9,13-14H,5,10-12H2,1-4H3,(H,20,24)(H,21,22)/t14-/m0/s1. The van der Waals surface area contributed by atoms with E-state index in [1.165, 1.54) is 5.56 Å². The highest BCUT2D eigenvalue weighted by Gasteiger charge is 2.16. The van der Waals surface area contributed by atoms with Gasteiger partial charge in [-0.05, 0) is 37.0 Å². The van der Waals surface area contributed by atoms with E-state index in [-0.39, 0.29) is 12.5 Å². The lowest BCUT2D eigenvalue weighted by Gasteiger charge is -2.14. The van der Waals surface area contributed by atoms with Crippen LogP contribution >= 0.6 is 0 Å². The smallest absolute Gasteiger partial charge is 0.344 e. The highest BCUT2D eigenvalue weighted by atomic mass is 16.6. The summed E-state index contributed by atoms with van der Waals surface area (Å²) in [7, 11) is 0. The zero-order valence-corrected chi connectivity index (χ0v) is 15.8. The molecule has 0 aromatic heterocycles. The first-order valence-electron chi connectivity index (χ1n) is 8.79. The van der Waals surface area contributed by atoms with E-state index in [4.69, 9.17) is 9.47 Å². The van der Waals surface area contributed by atoms with Crippen molar-refractivity contribution in [2.45, 2.75) is 46.1 Å². The van der Waals surface area contributed by atoms with Crippen molar-refractivity contribution in [1.29, 1.82) is 0 Å². The highest BCUT2D eigenvalue weighted by molar-refractivity contribution is 5.88. The number of carbonyl (C=O) groups excluding carboxylic acids is 3. The van der Waals surface area contributed by atoms with Gasteiger partial charge in [-0.25, -0.2) is 4.79 Å². The third-order valence-electron chi connectivity index (χ3n) is 3.59. The van der Waals surface area contributed by atoms with E-state index < -0.39 is 24.5 Å². The fraction of sp³-hybridized carbons (Fsp3) is 0.526. The van der Waals surface area contributed by atoms with Gasteiger partial charge in [-0.2, -0.15) is 0 Å². The molecule has 7 heteroatoms. The zero-order chi connectivity index (χ0) is 19.5. The molecule has 0 saturated heterocycles. The molecule has 0 fully saturated rings. The monoisotopic (exact) mass is 364 g/mol. The van der Waals surface area contributed by atoms with Crippen molar-refractivity contribution in [3.05, 3.63) is 29.8 Å². The minimum atomic E-state index is -0.691. The van der Waals surface area contributed by atoms with Gasteiger partial charge in [0.1, 0.15) is 11.8 Å². The van der Waals surface area contributed by atoms with Crippen LogP contribution in [0.2, 0.25) is 0 Å². The van der Waals surface area contributed by atoms with Gasteiger partial charge in [-0.3, -0.25) is 9.59 Å². The first kappa shape index (κ1) is 21.5. The average Bonchev–Trinajstić information content (AvgIpc) is 2.62. The SMILES string of the molecule is CCCNC(=O)[C@H](C)NC(=O)COC(=O)COc1ccc(C(C)C)cc1. The molecule has 2 N–H and O–H groups in total. The topological polar surface area (TPSA) is 93.7 Å². The second-order valence-electron chi connectivity index (χ2n) is 6.25. The number of hydrogen-bond donors (Lipinski definition) is 2. The zero-order valence-electron chi connectivity index (χ0n) is 15.8. The number of ether oxygens (including phenoxy) is 2. The first-order chi connectivity index (χ1) is 12.3. The van der Waals surface area contributed by atoms with E-state index in [1.54, 1.807) is 19.1 Å². The lowest BCUT2D eigenvalue weighted by molar-refractivity contribution is -0.150. The van der Waals surface area contributed by atoms with Gasteiger partial charge >= 0.3 is 5.97 Å². The summed E-state index contributed by atoms with van der Waals surface area (Å²) >= 11 is 0. The Kier molecular flexibility index (Phi) is 9.19. The number of nitrogens with one attached hydrogen (secondary N) is 2. The van der Waals surface area contributed by atoms with Crippen LogP contribution in [-0.2, 0) is 19.1 Å². The molecule has 0 radical (unpaired) electrons. The van der Waals surface area contributed by atoms with Crippen LogP contribution in [0.25, 0.3) is 0 Å². The first-order valence-corrected chi connectivity index (χ1v) is 8.79. The van der Waals surface area contributed by atoms with Crippen LogP contribution in [0.5, 0.6) is 5.75 Å². The van der Waals surface area contributed by atoms with Crippen LogP contribution in [0.15, 0.2) is 24.3 Å². The van der Waals surface area contributed by atoms with Crippen molar-refractivity contribution in [3.63, 3.8) is 0 Å². The van der Waals surface area contributed by atoms with Gasteiger partial charge in [0.05, 0.1) is 0 Å². The van der Waals surface area contributed by atoms with E-state index in [9.17, 15) is 14.4 Å².